The average molecular weight is 764 g/mol. The number of rotatable bonds is 10. The van der Waals surface area contributed by atoms with Gasteiger partial charge in [0, 0.05) is 25.8 Å². The summed E-state index contributed by atoms with van der Waals surface area (Å²) in [5.74, 6) is -1.33. The zero-order valence-electron chi connectivity index (χ0n) is 15.8. The average Bonchev–Trinajstić information content (AvgIpc) is 2.70. The number of carbonyl (C=O) groups excluding carboxylic acids is 2. The summed E-state index contributed by atoms with van der Waals surface area (Å²) in [4.78, 5) is 26.4. The molecule has 1 aromatic rings. The smallest absolute Gasteiger partial charge is 0.256 e. The van der Waals surface area contributed by atoms with Gasteiger partial charge in [0.2, 0.25) is 0 Å². The van der Waals surface area contributed by atoms with Gasteiger partial charge in [-0.2, -0.15) is 0 Å². The van der Waals surface area contributed by atoms with Crippen molar-refractivity contribution in [1.29, 1.82) is 0 Å². The van der Waals surface area contributed by atoms with Crippen LogP contribution in [0.15, 0.2) is 0 Å². The van der Waals surface area contributed by atoms with Crippen LogP contribution in [0.25, 0.3) is 0 Å². The van der Waals surface area contributed by atoms with Crippen LogP contribution >= 0.6 is 67.8 Å². The lowest BCUT2D eigenvalue weighted by Crippen LogP contribution is -2.44. The molecular weight excluding hydrogens is 741 g/mol. The lowest BCUT2D eigenvalue weighted by atomic mass is 10.1. The fourth-order valence-electron chi connectivity index (χ4n) is 2.40. The zero-order valence-corrected chi connectivity index (χ0v) is 22.3. The van der Waals surface area contributed by atoms with Crippen molar-refractivity contribution >= 4 is 85.3 Å². The van der Waals surface area contributed by atoms with E-state index in [2.05, 4.69) is 5.32 Å². The second-order valence-corrected chi connectivity index (χ2v) is 9.61. The van der Waals surface area contributed by atoms with Gasteiger partial charge in [-0.3, -0.25) is 9.59 Å². The van der Waals surface area contributed by atoms with Crippen molar-refractivity contribution in [2.24, 2.45) is 0 Å². The Kier molecular flexibility index (Phi) is 12.2. The molecule has 0 aliphatic heterocycles. The Labute approximate surface area is 214 Å². The van der Waals surface area contributed by atoms with Gasteiger partial charge in [-0.25, -0.2) is 0 Å². The van der Waals surface area contributed by atoms with E-state index in [4.69, 9.17) is 10.2 Å². The first-order valence-electron chi connectivity index (χ1n) is 8.66. The number of hydrogen-bond donors (Lipinski definition) is 7. The molecule has 170 valence electrons. The van der Waals surface area contributed by atoms with Crippen LogP contribution in [0.3, 0.4) is 0 Å². The summed E-state index contributed by atoms with van der Waals surface area (Å²) < 4.78 is 1.23. The minimum absolute atomic E-state index is 0.108. The molecule has 0 bridgehead atoms. The van der Waals surface area contributed by atoms with Crippen molar-refractivity contribution < 1.29 is 40.2 Å². The van der Waals surface area contributed by atoms with E-state index in [-0.39, 0.29) is 24.3 Å². The van der Waals surface area contributed by atoms with Crippen molar-refractivity contribution in [1.82, 2.24) is 4.90 Å². The molecule has 0 fully saturated rings. The van der Waals surface area contributed by atoms with Crippen LogP contribution in [-0.2, 0) is 11.4 Å². The summed E-state index contributed by atoms with van der Waals surface area (Å²) in [6, 6.07) is 0. The zero-order chi connectivity index (χ0) is 23.2. The fraction of sp³-hybridized carbons (Fsp3) is 0.529. The summed E-state index contributed by atoms with van der Waals surface area (Å²) in [6.07, 6.45) is -3.85. The molecule has 30 heavy (non-hydrogen) atoms. The standard InChI is InChI=1S/C17H23I3N2O8/c1-7(26)16(29)21-15-13(19)10(6-25)12(18)11(14(15)20)17(30)22(2-8(27)4-23)3-9(28)5-24/h7-9,23-28H,2-6H2,1H3,(H,21,29). The van der Waals surface area contributed by atoms with Crippen LogP contribution in [0.1, 0.15) is 22.8 Å². The Balaban J connectivity index is 3.58. The molecule has 0 spiro atoms. The van der Waals surface area contributed by atoms with Crippen LogP contribution < -0.4 is 5.32 Å². The molecule has 2 amide bonds. The van der Waals surface area contributed by atoms with E-state index < -0.39 is 49.9 Å². The van der Waals surface area contributed by atoms with Gasteiger partial charge in [0.1, 0.15) is 6.10 Å². The molecule has 0 saturated carbocycles. The summed E-state index contributed by atoms with van der Waals surface area (Å²) in [7, 11) is 0. The van der Waals surface area contributed by atoms with Crippen molar-refractivity contribution in [3.8, 4) is 0 Å². The van der Waals surface area contributed by atoms with Crippen LogP contribution in [0.2, 0.25) is 0 Å². The Morgan fingerprint density at radius 3 is 1.83 bits per heavy atom. The monoisotopic (exact) mass is 764 g/mol. The Morgan fingerprint density at radius 2 is 1.43 bits per heavy atom. The molecular formula is C17H23I3N2O8. The molecule has 0 saturated heterocycles. The molecule has 0 aromatic heterocycles. The molecule has 0 heterocycles. The fourth-order valence-corrected chi connectivity index (χ4v) is 6.64. The molecule has 0 radical (unpaired) electrons. The van der Waals surface area contributed by atoms with Crippen LogP contribution in [0.4, 0.5) is 5.69 Å². The summed E-state index contributed by atoms with van der Waals surface area (Å²) in [6.45, 7) is -0.990. The highest BCUT2D eigenvalue weighted by Gasteiger charge is 2.30. The van der Waals surface area contributed by atoms with Gasteiger partial charge in [-0.05, 0) is 74.7 Å². The molecule has 3 atom stereocenters. The lowest BCUT2D eigenvalue weighted by molar-refractivity contribution is -0.123. The highest BCUT2D eigenvalue weighted by atomic mass is 127. The van der Waals surface area contributed by atoms with E-state index in [0.717, 1.165) is 4.90 Å². The topological polar surface area (TPSA) is 171 Å². The highest BCUT2D eigenvalue weighted by Crippen LogP contribution is 2.36. The predicted molar refractivity (Wildman–Crippen MR) is 133 cm³/mol. The molecule has 0 aliphatic rings. The predicted octanol–water partition coefficient (Wildman–Crippen LogP) is -0.539. The number of aliphatic hydroxyl groups excluding tert-OH is 6. The first-order chi connectivity index (χ1) is 14.0. The highest BCUT2D eigenvalue weighted by molar-refractivity contribution is 14.1. The molecule has 13 heteroatoms. The molecule has 0 aliphatic carbocycles. The Hall–Kier alpha value is 0.110. The maximum atomic E-state index is 13.3. The molecule has 1 aromatic carbocycles. The van der Waals surface area contributed by atoms with Crippen molar-refractivity contribution in [3.63, 3.8) is 0 Å². The van der Waals surface area contributed by atoms with Crippen LogP contribution in [0.5, 0.6) is 0 Å². The van der Waals surface area contributed by atoms with E-state index >= 15 is 0 Å². The number of carbonyl (C=O) groups is 2. The quantitative estimate of drug-likeness (QED) is 0.156. The van der Waals surface area contributed by atoms with E-state index in [1.807, 2.05) is 67.8 Å². The molecule has 7 N–H and O–H groups in total. The van der Waals surface area contributed by atoms with Crippen LogP contribution in [-0.4, -0.2) is 92.0 Å². The first kappa shape index (κ1) is 28.1. The van der Waals surface area contributed by atoms with Crippen molar-refractivity contribution in [2.75, 3.05) is 31.6 Å². The second kappa shape index (κ2) is 13.0. The van der Waals surface area contributed by atoms with E-state index in [0.29, 0.717) is 16.3 Å². The lowest BCUT2D eigenvalue weighted by Gasteiger charge is -2.28. The number of aliphatic hydroxyl groups is 6. The number of nitrogens with zero attached hydrogens (tertiary/aromatic N) is 1. The van der Waals surface area contributed by atoms with Gasteiger partial charge in [-0.1, -0.05) is 0 Å². The second-order valence-electron chi connectivity index (χ2n) is 6.38. The molecule has 1 rings (SSSR count). The Bertz CT molecular complexity index is 766. The molecule has 10 nitrogen and oxygen atoms in total. The van der Waals surface area contributed by atoms with Gasteiger partial charge in [-0.15, -0.1) is 0 Å². The maximum Gasteiger partial charge on any atom is 0.256 e. The normalized spacial score (nSPS) is 14.2. The summed E-state index contributed by atoms with van der Waals surface area (Å²) >= 11 is 5.67. The number of nitrogens with one attached hydrogen (secondary N) is 1. The van der Waals surface area contributed by atoms with Gasteiger partial charge in [0.15, 0.2) is 0 Å². The van der Waals surface area contributed by atoms with E-state index in [9.17, 15) is 30.0 Å². The third-order valence-electron chi connectivity index (χ3n) is 3.98. The first-order valence-corrected chi connectivity index (χ1v) is 11.9. The third kappa shape index (κ3) is 7.06. The number of amides is 2. The maximum absolute atomic E-state index is 13.3. The summed E-state index contributed by atoms with van der Waals surface area (Å²) in [5, 5.41) is 59.8. The number of hydrogen-bond acceptors (Lipinski definition) is 8. The minimum Gasteiger partial charge on any atom is -0.394 e. The van der Waals surface area contributed by atoms with Crippen LogP contribution in [0, 0.1) is 10.7 Å². The van der Waals surface area contributed by atoms with Gasteiger partial charge in [0.05, 0.1) is 46.8 Å². The molecule has 3 unspecified atom stereocenters. The minimum atomic E-state index is -1.30. The van der Waals surface area contributed by atoms with Gasteiger partial charge >= 0.3 is 0 Å². The van der Waals surface area contributed by atoms with Gasteiger partial charge in [0.25, 0.3) is 11.8 Å². The Morgan fingerprint density at radius 1 is 0.933 bits per heavy atom. The number of benzene rings is 1. The van der Waals surface area contributed by atoms with Crippen molar-refractivity contribution in [2.45, 2.75) is 31.8 Å². The van der Waals surface area contributed by atoms with E-state index in [1.54, 1.807) is 0 Å². The number of halogens is 3. The largest absolute Gasteiger partial charge is 0.394 e. The number of anilines is 1. The SMILES string of the molecule is CC(O)C(=O)Nc1c(I)c(CO)c(I)c(C(=O)N(CC(O)CO)CC(O)CO)c1I. The van der Waals surface area contributed by atoms with Crippen molar-refractivity contribution in [3.05, 3.63) is 21.8 Å². The van der Waals surface area contributed by atoms with E-state index in [1.165, 1.54) is 6.92 Å². The summed E-state index contributed by atoms with van der Waals surface area (Å²) in [5.41, 5.74) is 0.725. The third-order valence-corrected chi connectivity index (χ3v) is 7.44. The van der Waals surface area contributed by atoms with Gasteiger partial charge < -0.3 is 40.9 Å².